The number of amides is 3. The van der Waals surface area contributed by atoms with Crippen LogP contribution in [0, 0.1) is 17.1 Å². The minimum Gasteiger partial charge on any atom is -0.465 e. The third kappa shape index (κ3) is 4.90. The molecular weight excluding hydrogens is 445 g/mol. The van der Waals surface area contributed by atoms with Gasteiger partial charge < -0.3 is 20.1 Å². The molecule has 180 valence electrons. The first-order valence-electron chi connectivity index (χ1n) is 11.2. The summed E-state index contributed by atoms with van der Waals surface area (Å²) in [5, 5.41) is 21.7. The maximum atomic E-state index is 15.0. The number of hydrogen-bond acceptors (Lipinski definition) is 6. The van der Waals surface area contributed by atoms with Crippen molar-refractivity contribution in [3.05, 3.63) is 35.3 Å². The molecule has 0 aromatic heterocycles. The van der Waals surface area contributed by atoms with Crippen molar-refractivity contribution in [1.82, 2.24) is 10.2 Å². The first kappa shape index (κ1) is 23.4. The molecule has 3 fully saturated rings. The molecule has 2 aliphatic heterocycles. The maximum absolute atomic E-state index is 15.0. The number of carbonyl (C=O) groups excluding carboxylic acids is 2. The first-order valence-corrected chi connectivity index (χ1v) is 11.2. The summed E-state index contributed by atoms with van der Waals surface area (Å²) in [6.07, 6.45) is 0.211. The smallest absolute Gasteiger partial charge is 0.414 e. The Morgan fingerprint density at radius 3 is 2.59 bits per heavy atom. The van der Waals surface area contributed by atoms with Crippen molar-refractivity contribution in [1.29, 1.82) is 5.26 Å². The Bertz CT molecular complexity index is 1070. The molecule has 2 saturated heterocycles. The number of carbonyl (C=O) groups is 3. The number of anilines is 2. The Hall–Kier alpha value is -3.81. The molecule has 1 aromatic carbocycles. The van der Waals surface area contributed by atoms with E-state index < -0.39 is 24.1 Å². The van der Waals surface area contributed by atoms with Crippen LogP contribution in [-0.4, -0.2) is 66.4 Å². The van der Waals surface area contributed by atoms with Crippen LogP contribution in [0.5, 0.6) is 0 Å². The van der Waals surface area contributed by atoms with Gasteiger partial charge in [-0.05, 0) is 49.5 Å². The molecule has 11 heteroatoms. The molecule has 0 bridgehead atoms. The Kier molecular flexibility index (Phi) is 6.58. The minimum absolute atomic E-state index is 0.127. The van der Waals surface area contributed by atoms with Crippen LogP contribution >= 0.6 is 0 Å². The predicted octanol–water partition coefficient (Wildman–Crippen LogP) is 2.81. The van der Waals surface area contributed by atoms with Gasteiger partial charge in [-0.3, -0.25) is 14.6 Å². The second-order valence-corrected chi connectivity index (χ2v) is 8.62. The van der Waals surface area contributed by atoms with E-state index >= 15 is 4.39 Å². The fourth-order valence-corrected chi connectivity index (χ4v) is 4.34. The number of carboxylic acid groups (broad SMARTS) is 1. The molecule has 3 amide bonds. The average molecular weight is 471 g/mol. The average Bonchev–Trinajstić information content (AvgIpc) is 3.56. The quantitative estimate of drug-likeness (QED) is 0.611. The van der Waals surface area contributed by atoms with E-state index in [1.165, 1.54) is 22.8 Å². The van der Waals surface area contributed by atoms with E-state index in [0.29, 0.717) is 37.3 Å². The van der Waals surface area contributed by atoms with Crippen molar-refractivity contribution in [3.63, 3.8) is 0 Å². The highest BCUT2D eigenvalue weighted by Gasteiger charge is 2.37. The van der Waals surface area contributed by atoms with Crippen LogP contribution in [0.1, 0.15) is 32.6 Å². The predicted molar refractivity (Wildman–Crippen MR) is 120 cm³/mol. The van der Waals surface area contributed by atoms with Crippen LogP contribution in [-0.2, 0) is 9.53 Å². The number of allylic oxidation sites excluding steroid dienone is 1. The van der Waals surface area contributed by atoms with Gasteiger partial charge in [-0.15, -0.1) is 0 Å². The molecule has 0 radical (unpaired) electrons. The highest BCUT2D eigenvalue weighted by Crippen LogP contribution is 2.35. The van der Waals surface area contributed by atoms with Crippen LogP contribution in [0.25, 0.3) is 0 Å². The third-order valence-corrected chi connectivity index (χ3v) is 6.20. The lowest BCUT2D eigenvalue weighted by molar-refractivity contribution is -0.119. The summed E-state index contributed by atoms with van der Waals surface area (Å²) in [4.78, 5) is 39.2. The molecule has 1 atom stereocenters. The molecular formula is C23H26FN5O5. The third-order valence-electron chi connectivity index (χ3n) is 6.20. The summed E-state index contributed by atoms with van der Waals surface area (Å²) >= 11 is 0. The van der Waals surface area contributed by atoms with Crippen molar-refractivity contribution in [2.75, 3.05) is 36.0 Å². The Balaban J connectivity index is 1.43. The van der Waals surface area contributed by atoms with Crippen LogP contribution in [0.2, 0.25) is 0 Å². The number of ether oxygens (including phenoxy) is 1. The SMILES string of the molecule is CC(=O)NCC1CN(c2ccc(N3CCC(=C(C#N)N(C(=O)O)C4CC4)CC3)c(F)c2)C(=O)O1. The lowest BCUT2D eigenvalue weighted by Gasteiger charge is -2.32. The summed E-state index contributed by atoms with van der Waals surface area (Å²) in [5.74, 6) is -0.719. The first-order chi connectivity index (χ1) is 16.3. The Labute approximate surface area is 196 Å². The summed E-state index contributed by atoms with van der Waals surface area (Å²) in [5.41, 5.74) is 1.71. The molecule has 1 aliphatic carbocycles. The number of rotatable bonds is 6. The molecule has 3 aliphatic rings. The van der Waals surface area contributed by atoms with Gasteiger partial charge in [0.2, 0.25) is 5.91 Å². The van der Waals surface area contributed by atoms with Gasteiger partial charge in [-0.1, -0.05) is 0 Å². The fraction of sp³-hybridized carbons (Fsp3) is 0.478. The van der Waals surface area contributed by atoms with Crippen molar-refractivity contribution < 1.29 is 28.6 Å². The number of nitrogens with zero attached hydrogens (tertiary/aromatic N) is 4. The normalized spacial score (nSPS) is 20.0. The van der Waals surface area contributed by atoms with E-state index in [4.69, 9.17) is 4.74 Å². The number of halogens is 1. The topological polar surface area (TPSA) is 126 Å². The van der Waals surface area contributed by atoms with E-state index in [0.717, 1.165) is 18.4 Å². The molecule has 1 unspecified atom stereocenters. The summed E-state index contributed by atoms with van der Waals surface area (Å²) < 4.78 is 20.2. The summed E-state index contributed by atoms with van der Waals surface area (Å²) in [6, 6.07) is 6.46. The van der Waals surface area contributed by atoms with E-state index in [1.54, 1.807) is 12.1 Å². The number of nitrogens with one attached hydrogen (secondary N) is 1. The second kappa shape index (κ2) is 9.59. The molecule has 4 rings (SSSR count). The van der Waals surface area contributed by atoms with Gasteiger partial charge in [0, 0.05) is 26.1 Å². The molecule has 1 aromatic rings. The standard InChI is InChI=1S/C23H26FN5O5/c1-14(30)26-12-18-13-28(23(33)34-18)17-4-5-20(19(24)10-17)27-8-6-15(7-9-27)21(11-25)29(22(31)32)16-2-3-16/h4-5,10,16,18H,2-3,6-9,12-13H2,1H3,(H,26,30)(H,31,32). The van der Waals surface area contributed by atoms with Crippen molar-refractivity contribution in [3.8, 4) is 6.07 Å². The number of hydrogen-bond donors (Lipinski definition) is 2. The van der Waals surface area contributed by atoms with E-state index in [-0.39, 0.29) is 30.7 Å². The van der Waals surface area contributed by atoms with Crippen LogP contribution in [0.3, 0.4) is 0 Å². The molecule has 2 heterocycles. The molecule has 34 heavy (non-hydrogen) atoms. The molecule has 0 spiro atoms. The Morgan fingerprint density at radius 2 is 2.03 bits per heavy atom. The van der Waals surface area contributed by atoms with Crippen LogP contribution < -0.4 is 15.1 Å². The highest BCUT2D eigenvalue weighted by atomic mass is 19.1. The maximum Gasteiger partial charge on any atom is 0.414 e. The lowest BCUT2D eigenvalue weighted by Crippen LogP contribution is -2.35. The minimum atomic E-state index is -1.12. The van der Waals surface area contributed by atoms with Gasteiger partial charge in [-0.25, -0.2) is 14.0 Å². The molecule has 1 saturated carbocycles. The van der Waals surface area contributed by atoms with Gasteiger partial charge >= 0.3 is 12.2 Å². The summed E-state index contributed by atoms with van der Waals surface area (Å²) in [6.45, 7) is 2.65. The van der Waals surface area contributed by atoms with Crippen LogP contribution in [0.15, 0.2) is 29.5 Å². The highest BCUT2D eigenvalue weighted by molar-refractivity contribution is 5.90. The van der Waals surface area contributed by atoms with Gasteiger partial charge in [0.15, 0.2) is 0 Å². The zero-order valence-electron chi connectivity index (χ0n) is 18.8. The number of nitriles is 1. The van der Waals surface area contributed by atoms with Gasteiger partial charge in [0.1, 0.15) is 23.7 Å². The van der Waals surface area contributed by atoms with E-state index in [9.17, 15) is 24.8 Å². The molecule has 10 nitrogen and oxygen atoms in total. The van der Waals surface area contributed by atoms with E-state index in [1.807, 2.05) is 4.90 Å². The number of piperidine rings is 1. The summed E-state index contributed by atoms with van der Waals surface area (Å²) in [7, 11) is 0. The van der Waals surface area contributed by atoms with Crippen molar-refractivity contribution in [2.24, 2.45) is 0 Å². The zero-order valence-corrected chi connectivity index (χ0v) is 18.8. The van der Waals surface area contributed by atoms with Gasteiger partial charge in [-0.2, -0.15) is 5.26 Å². The fourth-order valence-electron chi connectivity index (χ4n) is 4.34. The zero-order chi connectivity index (χ0) is 24.4. The monoisotopic (exact) mass is 471 g/mol. The number of benzene rings is 1. The van der Waals surface area contributed by atoms with Crippen molar-refractivity contribution in [2.45, 2.75) is 44.8 Å². The van der Waals surface area contributed by atoms with E-state index in [2.05, 4.69) is 11.4 Å². The Morgan fingerprint density at radius 1 is 1.32 bits per heavy atom. The van der Waals surface area contributed by atoms with Gasteiger partial charge in [0.05, 0.1) is 24.5 Å². The largest absolute Gasteiger partial charge is 0.465 e. The van der Waals surface area contributed by atoms with Crippen molar-refractivity contribution >= 4 is 29.5 Å². The number of cyclic esters (lactones) is 1. The second-order valence-electron chi connectivity index (χ2n) is 8.62. The molecule has 2 N–H and O–H groups in total. The lowest BCUT2D eigenvalue weighted by atomic mass is 10.0. The van der Waals surface area contributed by atoms with Gasteiger partial charge in [0.25, 0.3) is 0 Å². The van der Waals surface area contributed by atoms with Crippen LogP contribution in [0.4, 0.5) is 25.4 Å².